The zero-order chi connectivity index (χ0) is 14.1. The van der Waals surface area contributed by atoms with Gasteiger partial charge in [0.25, 0.3) is 0 Å². The van der Waals surface area contributed by atoms with Crippen LogP contribution in [0.1, 0.15) is 22.0 Å². The molecule has 0 aromatic heterocycles. The van der Waals surface area contributed by atoms with Crippen molar-refractivity contribution in [1.29, 1.82) is 0 Å². The summed E-state index contributed by atoms with van der Waals surface area (Å²) in [6.45, 7) is 0. The number of Topliss-reactive ketones (excluding diaryl/α,β-unsaturated/α-hetero) is 2. The van der Waals surface area contributed by atoms with E-state index in [4.69, 9.17) is 9.47 Å². The average Bonchev–Trinajstić information content (AvgIpc) is 2.51. The van der Waals surface area contributed by atoms with Crippen LogP contribution in [0.3, 0.4) is 0 Å². The standard InChI is InChI=1S/C16H12O4/c1-19-11-7-8-12-13(9-11)20-16(15(18)14(12)17)10-5-3-2-4-6-10/h2-9,16H,1H3. The van der Waals surface area contributed by atoms with Gasteiger partial charge in [0.1, 0.15) is 11.5 Å². The van der Waals surface area contributed by atoms with Crippen LogP contribution in [-0.2, 0) is 4.79 Å². The minimum Gasteiger partial charge on any atom is -0.497 e. The summed E-state index contributed by atoms with van der Waals surface area (Å²) in [4.78, 5) is 24.3. The van der Waals surface area contributed by atoms with Crippen LogP contribution in [0.15, 0.2) is 48.5 Å². The van der Waals surface area contributed by atoms with Gasteiger partial charge >= 0.3 is 0 Å². The molecule has 0 bridgehead atoms. The van der Waals surface area contributed by atoms with Gasteiger partial charge in [0.05, 0.1) is 12.7 Å². The molecule has 1 heterocycles. The molecule has 0 aliphatic carbocycles. The third-order valence-corrected chi connectivity index (χ3v) is 3.24. The van der Waals surface area contributed by atoms with Crippen LogP contribution in [0.2, 0.25) is 0 Å². The Labute approximate surface area is 115 Å². The first-order chi connectivity index (χ1) is 9.70. The summed E-state index contributed by atoms with van der Waals surface area (Å²) in [5.74, 6) is -0.114. The van der Waals surface area contributed by atoms with Crippen molar-refractivity contribution in [2.75, 3.05) is 7.11 Å². The summed E-state index contributed by atoms with van der Waals surface area (Å²) in [5.41, 5.74) is 0.947. The minimum atomic E-state index is -0.886. The van der Waals surface area contributed by atoms with E-state index in [1.54, 1.807) is 42.5 Å². The lowest BCUT2D eigenvalue weighted by atomic mass is 9.95. The molecule has 0 amide bonds. The van der Waals surface area contributed by atoms with Gasteiger partial charge in [-0.1, -0.05) is 30.3 Å². The number of ketones is 2. The molecule has 20 heavy (non-hydrogen) atoms. The Morgan fingerprint density at radius 1 is 1.05 bits per heavy atom. The molecule has 1 aliphatic heterocycles. The van der Waals surface area contributed by atoms with Crippen molar-refractivity contribution in [1.82, 2.24) is 0 Å². The second-order valence-corrected chi connectivity index (χ2v) is 4.46. The van der Waals surface area contributed by atoms with Crippen molar-refractivity contribution in [3.63, 3.8) is 0 Å². The van der Waals surface area contributed by atoms with E-state index >= 15 is 0 Å². The topological polar surface area (TPSA) is 52.6 Å². The number of rotatable bonds is 2. The Hall–Kier alpha value is -2.62. The normalized spacial score (nSPS) is 17.4. The lowest BCUT2D eigenvalue weighted by Crippen LogP contribution is -2.31. The molecule has 2 aromatic rings. The molecule has 0 saturated carbocycles. The number of methoxy groups -OCH3 is 1. The molecule has 0 fully saturated rings. The van der Waals surface area contributed by atoms with E-state index < -0.39 is 17.7 Å². The number of fused-ring (bicyclic) bond motifs is 1. The van der Waals surface area contributed by atoms with E-state index in [9.17, 15) is 9.59 Å². The fourth-order valence-electron chi connectivity index (χ4n) is 2.19. The Kier molecular flexibility index (Phi) is 2.99. The van der Waals surface area contributed by atoms with E-state index in [1.807, 2.05) is 6.07 Å². The van der Waals surface area contributed by atoms with E-state index in [0.717, 1.165) is 0 Å². The van der Waals surface area contributed by atoms with E-state index in [1.165, 1.54) is 7.11 Å². The van der Waals surface area contributed by atoms with Gasteiger partial charge in [0.15, 0.2) is 6.10 Å². The molecule has 1 aliphatic rings. The van der Waals surface area contributed by atoms with Crippen molar-refractivity contribution >= 4 is 11.6 Å². The molecule has 4 heteroatoms. The van der Waals surface area contributed by atoms with Gasteiger partial charge in [-0.2, -0.15) is 0 Å². The lowest BCUT2D eigenvalue weighted by molar-refractivity contribution is -0.122. The van der Waals surface area contributed by atoms with Gasteiger partial charge in [-0.3, -0.25) is 9.59 Å². The first kappa shape index (κ1) is 12.4. The van der Waals surface area contributed by atoms with E-state index in [0.29, 0.717) is 17.1 Å². The van der Waals surface area contributed by atoms with E-state index in [-0.39, 0.29) is 5.56 Å². The third kappa shape index (κ3) is 1.95. The van der Waals surface area contributed by atoms with Crippen molar-refractivity contribution in [2.45, 2.75) is 6.10 Å². The number of benzene rings is 2. The number of hydrogen-bond acceptors (Lipinski definition) is 4. The van der Waals surface area contributed by atoms with Gasteiger partial charge in [-0.25, -0.2) is 0 Å². The molecular formula is C16H12O4. The number of carbonyl (C=O) groups excluding carboxylic acids is 2. The lowest BCUT2D eigenvalue weighted by Gasteiger charge is -2.24. The Morgan fingerprint density at radius 3 is 2.50 bits per heavy atom. The average molecular weight is 268 g/mol. The molecule has 1 unspecified atom stereocenters. The van der Waals surface area contributed by atoms with Gasteiger partial charge < -0.3 is 9.47 Å². The largest absolute Gasteiger partial charge is 0.497 e. The SMILES string of the molecule is COc1ccc2c(c1)OC(c1ccccc1)C(=O)C2=O. The maximum absolute atomic E-state index is 12.1. The van der Waals surface area contributed by atoms with Gasteiger partial charge in [-0.15, -0.1) is 0 Å². The molecule has 3 rings (SSSR count). The quantitative estimate of drug-likeness (QED) is 0.785. The highest BCUT2D eigenvalue weighted by atomic mass is 16.5. The Morgan fingerprint density at radius 2 is 1.80 bits per heavy atom. The Balaban J connectivity index is 2.05. The summed E-state index contributed by atoms with van der Waals surface area (Å²) in [6.07, 6.45) is -0.886. The zero-order valence-electron chi connectivity index (χ0n) is 10.8. The van der Waals surface area contributed by atoms with Gasteiger partial charge in [-0.05, 0) is 12.1 Å². The van der Waals surface area contributed by atoms with Crippen LogP contribution in [0.25, 0.3) is 0 Å². The summed E-state index contributed by atoms with van der Waals surface area (Å²) in [5, 5.41) is 0. The second kappa shape index (κ2) is 4.81. The predicted octanol–water partition coefficient (Wildman–Crippen LogP) is 2.58. The van der Waals surface area contributed by atoms with Crippen molar-refractivity contribution < 1.29 is 19.1 Å². The van der Waals surface area contributed by atoms with Gasteiger partial charge in [0, 0.05) is 11.6 Å². The van der Waals surface area contributed by atoms with Crippen LogP contribution in [0, 0.1) is 0 Å². The summed E-state index contributed by atoms with van der Waals surface area (Å²) < 4.78 is 10.8. The molecule has 0 saturated heterocycles. The first-order valence-corrected chi connectivity index (χ1v) is 6.19. The smallest absolute Gasteiger partial charge is 0.248 e. The zero-order valence-corrected chi connectivity index (χ0v) is 10.8. The highest BCUT2D eigenvalue weighted by Crippen LogP contribution is 2.35. The van der Waals surface area contributed by atoms with Crippen molar-refractivity contribution in [3.05, 3.63) is 59.7 Å². The maximum Gasteiger partial charge on any atom is 0.248 e. The van der Waals surface area contributed by atoms with E-state index in [2.05, 4.69) is 0 Å². The predicted molar refractivity (Wildman–Crippen MR) is 72.1 cm³/mol. The molecule has 0 spiro atoms. The third-order valence-electron chi connectivity index (χ3n) is 3.24. The molecular weight excluding hydrogens is 256 g/mol. The maximum atomic E-state index is 12.1. The molecule has 4 nitrogen and oxygen atoms in total. The number of hydrogen-bond donors (Lipinski definition) is 0. The fraction of sp³-hybridized carbons (Fsp3) is 0.125. The van der Waals surface area contributed by atoms with Crippen LogP contribution in [0.5, 0.6) is 11.5 Å². The number of carbonyl (C=O) groups is 2. The summed E-state index contributed by atoms with van der Waals surface area (Å²) in [7, 11) is 1.53. The van der Waals surface area contributed by atoms with Crippen molar-refractivity contribution in [2.24, 2.45) is 0 Å². The molecule has 100 valence electrons. The highest BCUT2D eigenvalue weighted by Gasteiger charge is 2.36. The molecule has 1 atom stereocenters. The molecule has 0 radical (unpaired) electrons. The summed E-state index contributed by atoms with van der Waals surface area (Å²) in [6, 6.07) is 13.8. The van der Waals surface area contributed by atoms with Crippen LogP contribution < -0.4 is 9.47 Å². The number of ether oxygens (including phenoxy) is 2. The monoisotopic (exact) mass is 268 g/mol. The fourth-order valence-corrected chi connectivity index (χ4v) is 2.19. The van der Waals surface area contributed by atoms with Crippen LogP contribution in [-0.4, -0.2) is 18.7 Å². The molecule has 0 N–H and O–H groups in total. The first-order valence-electron chi connectivity index (χ1n) is 6.19. The Bertz CT molecular complexity index is 676. The minimum absolute atomic E-state index is 0.281. The van der Waals surface area contributed by atoms with Crippen LogP contribution in [0.4, 0.5) is 0 Å². The van der Waals surface area contributed by atoms with Crippen molar-refractivity contribution in [3.8, 4) is 11.5 Å². The highest BCUT2D eigenvalue weighted by molar-refractivity contribution is 6.46. The van der Waals surface area contributed by atoms with Gasteiger partial charge in [0.2, 0.25) is 11.6 Å². The molecule has 2 aromatic carbocycles. The summed E-state index contributed by atoms with van der Waals surface area (Å²) >= 11 is 0. The second-order valence-electron chi connectivity index (χ2n) is 4.46. The van der Waals surface area contributed by atoms with Crippen LogP contribution >= 0.6 is 0 Å².